The van der Waals surface area contributed by atoms with Crippen LogP contribution in [0.2, 0.25) is 0 Å². The van der Waals surface area contributed by atoms with Crippen LogP contribution >= 0.6 is 15.9 Å². The first-order valence-electron chi connectivity index (χ1n) is 5.44. The summed E-state index contributed by atoms with van der Waals surface area (Å²) in [5.41, 5.74) is -0.355. The molecule has 3 rings (SSSR count). The van der Waals surface area contributed by atoms with Crippen LogP contribution in [0, 0.1) is 0 Å². The third-order valence-corrected chi connectivity index (χ3v) is 3.46. The number of halogens is 2. The summed E-state index contributed by atoms with van der Waals surface area (Å²) in [5, 5.41) is 4.23. The third-order valence-electron chi connectivity index (χ3n) is 3.13. The second kappa shape index (κ2) is 3.66. The Morgan fingerprint density at radius 1 is 1.41 bits per heavy atom. The lowest BCUT2D eigenvalue weighted by molar-refractivity contribution is 0.269. The highest BCUT2D eigenvalue weighted by atomic mass is 79.9. The number of benzene rings is 1. The molecule has 2 heterocycles. The van der Waals surface area contributed by atoms with Gasteiger partial charge in [-0.2, -0.15) is 0 Å². The quantitative estimate of drug-likeness (QED) is 0.751. The van der Waals surface area contributed by atoms with Gasteiger partial charge in [0.25, 0.3) is 0 Å². The van der Waals surface area contributed by atoms with E-state index in [9.17, 15) is 4.39 Å². The molecule has 1 aromatic heterocycles. The topological polar surface area (TPSA) is 30.7 Å². The van der Waals surface area contributed by atoms with Gasteiger partial charge in [-0.25, -0.2) is 14.1 Å². The Labute approximate surface area is 108 Å². The van der Waals surface area contributed by atoms with E-state index in [4.69, 9.17) is 0 Å². The van der Waals surface area contributed by atoms with E-state index in [0.717, 1.165) is 5.56 Å². The molecule has 0 fully saturated rings. The molecule has 0 spiro atoms. The summed E-state index contributed by atoms with van der Waals surface area (Å²) in [7, 11) is 1.56. The predicted molar refractivity (Wildman–Crippen MR) is 68.3 cm³/mol. The fourth-order valence-corrected chi connectivity index (χ4v) is 2.68. The van der Waals surface area contributed by atoms with Gasteiger partial charge in [0.1, 0.15) is 5.57 Å². The number of nitrogens with zero attached hydrogens (tertiary/aromatic N) is 3. The molecule has 1 aliphatic heterocycles. The standard InChI is InChI=1S/C11H10BBrFN3/c12-11(14)6-8(7-4-2-1-3-5-7)17-9(11)15-10(13)16-17/h1-5,8H,6,12H2/t8-,11-/m0/s1. The number of rotatable bonds is 1. The van der Waals surface area contributed by atoms with Gasteiger partial charge >= 0.3 is 0 Å². The van der Waals surface area contributed by atoms with Gasteiger partial charge in [0, 0.05) is 6.42 Å². The van der Waals surface area contributed by atoms with Crippen LogP contribution in [0.4, 0.5) is 4.39 Å². The van der Waals surface area contributed by atoms with Crippen molar-refractivity contribution in [2.24, 2.45) is 0 Å². The minimum atomic E-state index is -1.42. The van der Waals surface area contributed by atoms with Gasteiger partial charge in [-0.3, -0.25) is 0 Å². The summed E-state index contributed by atoms with van der Waals surface area (Å²) in [5.74, 6) is 0.401. The molecule has 0 aliphatic carbocycles. The van der Waals surface area contributed by atoms with E-state index in [-0.39, 0.29) is 6.04 Å². The van der Waals surface area contributed by atoms with Crippen molar-refractivity contribution < 1.29 is 4.39 Å². The molecule has 2 atom stereocenters. The van der Waals surface area contributed by atoms with Crippen LogP contribution in [0.5, 0.6) is 0 Å². The second-order valence-corrected chi connectivity index (χ2v) is 5.19. The monoisotopic (exact) mass is 293 g/mol. The molecule has 0 unspecified atom stereocenters. The SMILES string of the molecule is B[C@]1(F)C[C@@H](c2ccccc2)n2nc(Br)nc21. The van der Waals surface area contributed by atoms with Gasteiger partial charge < -0.3 is 0 Å². The molecule has 2 aromatic rings. The Kier molecular flexibility index (Phi) is 2.36. The highest BCUT2D eigenvalue weighted by molar-refractivity contribution is 9.10. The van der Waals surface area contributed by atoms with E-state index in [2.05, 4.69) is 26.0 Å². The normalized spacial score (nSPS) is 27.1. The Bertz CT molecular complexity index is 555. The first-order valence-corrected chi connectivity index (χ1v) is 6.23. The molecule has 86 valence electrons. The lowest BCUT2D eigenvalue weighted by Crippen LogP contribution is -2.17. The molecule has 0 amide bonds. The zero-order chi connectivity index (χ0) is 12.0. The fourth-order valence-electron chi connectivity index (χ4n) is 2.35. The van der Waals surface area contributed by atoms with E-state index in [0.29, 0.717) is 17.0 Å². The lowest BCUT2D eigenvalue weighted by atomic mass is 9.79. The molecule has 0 radical (unpaired) electrons. The molecule has 0 saturated heterocycles. The van der Waals surface area contributed by atoms with Crippen LogP contribution in [-0.2, 0) is 5.57 Å². The number of hydrogen-bond acceptors (Lipinski definition) is 2. The molecule has 0 saturated carbocycles. The zero-order valence-electron chi connectivity index (χ0n) is 9.27. The lowest BCUT2D eigenvalue weighted by Gasteiger charge is -2.13. The molecular formula is C11H10BBrFN3. The van der Waals surface area contributed by atoms with Crippen LogP contribution in [0.25, 0.3) is 0 Å². The van der Waals surface area contributed by atoms with Crippen LogP contribution in [-0.4, -0.2) is 22.6 Å². The first kappa shape index (κ1) is 11.0. The predicted octanol–water partition coefficient (Wildman–Crippen LogP) is 1.79. The fraction of sp³-hybridized carbons (Fsp3) is 0.273. The smallest absolute Gasteiger partial charge is 0.217 e. The molecule has 3 nitrogen and oxygen atoms in total. The Morgan fingerprint density at radius 3 is 2.82 bits per heavy atom. The van der Waals surface area contributed by atoms with Crippen molar-refractivity contribution in [3.8, 4) is 0 Å². The highest BCUT2D eigenvalue weighted by Crippen LogP contribution is 2.42. The number of fused-ring (bicyclic) bond motifs is 1. The molecule has 1 aromatic carbocycles. The average Bonchev–Trinajstić information content (AvgIpc) is 2.79. The molecule has 6 heteroatoms. The van der Waals surface area contributed by atoms with Crippen molar-refractivity contribution >= 4 is 23.8 Å². The van der Waals surface area contributed by atoms with E-state index in [1.54, 1.807) is 12.5 Å². The average molecular weight is 294 g/mol. The maximum Gasteiger partial charge on any atom is 0.217 e. The summed E-state index contributed by atoms with van der Waals surface area (Å²) < 4.78 is 16.5. The molecule has 17 heavy (non-hydrogen) atoms. The second-order valence-electron chi connectivity index (χ2n) is 4.48. The van der Waals surface area contributed by atoms with Gasteiger partial charge in [-0.15, -0.1) is 5.10 Å². The summed E-state index contributed by atoms with van der Waals surface area (Å²) in [6, 6.07) is 9.77. The van der Waals surface area contributed by atoms with Crippen LogP contribution in [0.15, 0.2) is 35.1 Å². The number of alkyl halides is 1. The van der Waals surface area contributed by atoms with Crippen molar-refractivity contribution in [3.63, 3.8) is 0 Å². The zero-order valence-corrected chi connectivity index (χ0v) is 10.9. The molecule has 0 bridgehead atoms. The molecular weight excluding hydrogens is 284 g/mol. The summed E-state index contributed by atoms with van der Waals surface area (Å²) in [6.45, 7) is 0. The van der Waals surface area contributed by atoms with E-state index < -0.39 is 5.57 Å². The Balaban J connectivity index is 2.11. The van der Waals surface area contributed by atoms with Gasteiger partial charge in [0.15, 0.2) is 13.7 Å². The molecule has 0 N–H and O–H groups in total. The van der Waals surface area contributed by atoms with E-state index in [1.807, 2.05) is 30.3 Å². The minimum Gasteiger partial charge on any atom is -0.246 e. The summed E-state index contributed by atoms with van der Waals surface area (Å²) in [4.78, 5) is 4.11. The summed E-state index contributed by atoms with van der Waals surface area (Å²) in [6.07, 6.45) is 0.389. The van der Waals surface area contributed by atoms with Crippen molar-refractivity contribution in [2.75, 3.05) is 0 Å². The largest absolute Gasteiger partial charge is 0.246 e. The first-order chi connectivity index (χ1) is 8.08. The number of hydrogen-bond donors (Lipinski definition) is 0. The number of aromatic nitrogens is 3. The van der Waals surface area contributed by atoms with Crippen LogP contribution < -0.4 is 0 Å². The van der Waals surface area contributed by atoms with Gasteiger partial charge in [0.05, 0.1) is 6.04 Å². The maximum atomic E-state index is 14.4. The highest BCUT2D eigenvalue weighted by Gasteiger charge is 2.44. The molecule has 1 aliphatic rings. The summed E-state index contributed by atoms with van der Waals surface area (Å²) >= 11 is 3.20. The van der Waals surface area contributed by atoms with Crippen LogP contribution in [0.1, 0.15) is 23.9 Å². The van der Waals surface area contributed by atoms with Crippen molar-refractivity contribution in [2.45, 2.75) is 18.0 Å². The van der Waals surface area contributed by atoms with Crippen molar-refractivity contribution in [1.29, 1.82) is 0 Å². The van der Waals surface area contributed by atoms with Gasteiger partial charge in [0.2, 0.25) is 4.73 Å². The van der Waals surface area contributed by atoms with E-state index >= 15 is 0 Å². The Hall–Kier alpha value is -1.17. The van der Waals surface area contributed by atoms with Crippen molar-refractivity contribution in [1.82, 2.24) is 14.8 Å². The van der Waals surface area contributed by atoms with E-state index in [1.165, 1.54) is 0 Å². The minimum absolute atomic E-state index is 0.0694. The third kappa shape index (κ3) is 1.71. The maximum absolute atomic E-state index is 14.4. The van der Waals surface area contributed by atoms with Crippen LogP contribution in [0.3, 0.4) is 0 Å². The van der Waals surface area contributed by atoms with Gasteiger partial charge in [-0.1, -0.05) is 30.3 Å². The Morgan fingerprint density at radius 2 is 2.12 bits per heavy atom. The van der Waals surface area contributed by atoms with Crippen molar-refractivity contribution in [3.05, 3.63) is 46.5 Å². The van der Waals surface area contributed by atoms with Gasteiger partial charge in [-0.05, 0) is 21.5 Å².